The lowest BCUT2D eigenvalue weighted by Crippen LogP contribution is -2.23. The molecule has 1 heterocycles. The summed E-state index contributed by atoms with van der Waals surface area (Å²) in [5, 5.41) is 15.4. The van der Waals surface area contributed by atoms with E-state index >= 15 is 0 Å². The van der Waals surface area contributed by atoms with Gasteiger partial charge in [0, 0.05) is 5.02 Å². The maximum Gasteiger partial charge on any atom is 0.237 e. The summed E-state index contributed by atoms with van der Waals surface area (Å²) in [4.78, 5) is 12.7. The van der Waals surface area contributed by atoms with E-state index in [0.29, 0.717) is 21.6 Å². The number of aryl methyl sites for hydroxylation is 2. The third-order valence-electron chi connectivity index (χ3n) is 4.10. The van der Waals surface area contributed by atoms with Gasteiger partial charge in [-0.05, 0) is 66.6 Å². The first-order chi connectivity index (χ1) is 13.4. The highest BCUT2D eigenvalue weighted by atomic mass is 35.5. The maximum atomic E-state index is 12.7. The zero-order valence-electron chi connectivity index (χ0n) is 15.9. The summed E-state index contributed by atoms with van der Waals surface area (Å²) in [6.07, 6.45) is 0. The van der Waals surface area contributed by atoms with Crippen LogP contribution < -0.4 is 10.1 Å². The average molecular weight is 418 g/mol. The fraction of sp³-hybridized carbons (Fsp3) is 0.263. The van der Waals surface area contributed by atoms with Gasteiger partial charge in [0.25, 0.3) is 0 Å². The van der Waals surface area contributed by atoms with Gasteiger partial charge in [0.05, 0.1) is 23.7 Å². The number of thioether (sulfide) groups is 1. The zero-order chi connectivity index (χ0) is 20.3. The molecule has 0 saturated heterocycles. The third kappa shape index (κ3) is 4.45. The molecule has 1 atom stereocenters. The summed E-state index contributed by atoms with van der Waals surface area (Å²) in [5.41, 5.74) is 3.55. The Balaban J connectivity index is 1.78. The van der Waals surface area contributed by atoms with Crippen molar-refractivity contribution < 1.29 is 9.53 Å². The standard InChI is InChI=1S/C19H20ClN5O2S/c1-11-5-6-12(2)16(9-11)25-19(22-23-24-25)28-13(3)18(26)21-15-10-14(20)7-8-17(15)27-4/h5-10,13H,1-4H3,(H,21,26)/t13-/m0/s1. The molecule has 1 aromatic heterocycles. The number of benzene rings is 2. The van der Waals surface area contributed by atoms with E-state index in [9.17, 15) is 4.79 Å². The van der Waals surface area contributed by atoms with Crippen LogP contribution in [-0.4, -0.2) is 38.5 Å². The number of amides is 1. The maximum absolute atomic E-state index is 12.7. The van der Waals surface area contributed by atoms with Crippen LogP contribution in [0.25, 0.3) is 5.69 Å². The number of rotatable bonds is 6. The molecule has 0 aliphatic heterocycles. The number of anilines is 1. The van der Waals surface area contributed by atoms with Gasteiger partial charge in [0.1, 0.15) is 5.75 Å². The second-order valence-corrected chi connectivity index (χ2v) is 8.00. The van der Waals surface area contributed by atoms with Crippen LogP contribution in [0.2, 0.25) is 5.02 Å². The van der Waals surface area contributed by atoms with Crippen LogP contribution in [0, 0.1) is 13.8 Å². The van der Waals surface area contributed by atoms with Crippen molar-refractivity contribution in [2.24, 2.45) is 0 Å². The lowest BCUT2D eigenvalue weighted by atomic mass is 10.1. The van der Waals surface area contributed by atoms with E-state index < -0.39 is 5.25 Å². The van der Waals surface area contributed by atoms with Gasteiger partial charge in [-0.3, -0.25) is 4.79 Å². The van der Waals surface area contributed by atoms with E-state index in [-0.39, 0.29) is 5.91 Å². The number of hydrogen-bond acceptors (Lipinski definition) is 6. The first-order valence-corrected chi connectivity index (χ1v) is 9.82. The zero-order valence-corrected chi connectivity index (χ0v) is 17.5. The molecule has 0 aliphatic carbocycles. The topological polar surface area (TPSA) is 81.9 Å². The van der Waals surface area contributed by atoms with Crippen LogP contribution in [0.15, 0.2) is 41.6 Å². The molecule has 28 heavy (non-hydrogen) atoms. The van der Waals surface area contributed by atoms with Gasteiger partial charge in [-0.2, -0.15) is 4.68 Å². The van der Waals surface area contributed by atoms with E-state index in [1.807, 2.05) is 32.0 Å². The van der Waals surface area contributed by atoms with E-state index in [0.717, 1.165) is 16.8 Å². The number of carbonyl (C=O) groups is 1. The highest BCUT2D eigenvalue weighted by Gasteiger charge is 2.21. The van der Waals surface area contributed by atoms with Crippen LogP contribution in [0.1, 0.15) is 18.1 Å². The average Bonchev–Trinajstić information content (AvgIpc) is 3.11. The number of ether oxygens (including phenoxy) is 1. The lowest BCUT2D eigenvalue weighted by Gasteiger charge is -2.14. The molecule has 1 N–H and O–H groups in total. The van der Waals surface area contributed by atoms with Crippen LogP contribution in [0.4, 0.5) is 5.69 Å². The van der Waals surface area contributed by atoms with Gasteiger partial charge in [0.2, 0.25) is 11.1 Å². The lowest BCUT2D eigenvalue weighted by molar-refractivity contribution is -0.115. The SMILES string of the molecule is COc1ccc(Cl)cc1NC(=O)[C@H](C)Sc1nnnn1-c1cc(C)ccc1C. The third-order valence-corrected chi connectivity index (χ3v) is 5.37. The second kappa shape index (κ2) is 8.62. The van der Waals surface area contributed by atoms with Crippen LogP contribution >= 0.6 is 23.4 Å². The van der Waals surface area contributed by atoms with Crippen molar-refractivity contribution in [3.8, 4) is 11.4 Å². The minimum Gasteiger partial charge on any atom is -0.495 e. The highest BCUT2D eigenvalue weighted by Crippen LogP contribution is 2.30. The summed E-state index contributed by atoms with van der Waals surface area (Å²) in [5.74, 6) is 0.330. The Morgan fingerprint density at radius 1 is 1.25 bits per heavy atom. The molecule has 9 heteroatoms. The number of nitrogens with one attached hydrogen (secondary N) is 1. The minimum atomic E-state index is -0.446. The van der Waals surface area contributed by atoms with E-state index in [1.54, 1.807) is 29.8 Å². The predicted molar refractivity (Wildman–Crippen MR) is 111 cm³/mol. The van der Waals surface area contributed by atoms with Gasteiger partial charge in [-0.1, -0.05) is 35.5 Å². The van der Waals surface area contributed by atoms with Crippen LogP contribution in [-0.2, 0) is 4.79 Å². The molecule has 0 saturated carbocycles. The van der Waals surface area contributed by atoms with Gasteiger partial charge in [-0.25, -0.2) is 0 Å². The summed E-state index contributed by atoms with van der Waals surface area (Å²) >= 11 is 7.30. The molecule has 1 amide bonds. The molecular formula is C19H20ClN5O2S. The van der Waals surface area contributed by atoms with E-state index in [1.165, 1.54) is 18.9 Å². The van der Waals surface area contributed by atoms with Crippen LogP contribution in [0.5, 0.6) is 5.75 Å². The predicted octanol–water partition coefficient (Wildman–Crippen LogP) is 4.06. The van der Waals surface area contributed by atoms with Gasteiger partial charge >= 0.3 is 0 Å². The quantitative estimate of drug-likeness (QED) is 0.609. The smallest absolute Gasteiger partial charge is 0.237 e. The van der Waals surface area contributed by atoms with Crippen molar-refractivity contribution >= 4 is 35.0 Å². The summed E-state index contributed by atoms with van der Waals surface area (Å²) in [7, 11) is 1.54. The Hall–Kier alpha value is -2.58. The molecular weight excluding hydrogens is 398 g/mol. The van der Waals surface area contributed by atoms with Crippen molar-refractivity contribution in [2.75, 3.05) is 12.4 Å². The fourth-order valence-corrected chi connectivity index (χ4v) is 3.55. The molecule has 0 unspecified atom stereocenters. The molecule has 3 rings (SSSR count). The number of hydrogen-bond donors (Lipinski definition) is 1. The van der Waals surface area contributed by atoms with E-state index in [2.05, 4.69) is 20.8 Å². The summed E-state index contributed by atoms with van der Waals surface area (Å²) < 4.78 is 6.92. The van der Waals surface area contributed by atoms with Gasteiger partial charge in [-0.15, -0.1) is 5.10 Å². The number of aromatic nitrogens is 4. The molecule has 146 valence electrons. The second-order valence-electron chi connectivity index (χ2n) is 6.26. The number of halogens is 1. The Bertz CT molecular complexity index is 1010. The van der Waals surface area contributed by atoms with E-state index in [4.69, 9.17) is 16.3 Å². The minimum absolute atomic E-state index is 0.207. The Morgan fingerprint density at radius 2 is 2.04 bits per heavy atom. The molecule has 0 radical (unpaired) electrons. The van der Waals surface area contributed by atoms with Crippen molar-refractivity contribution in [1.29, 1.82) is 0 Å². The summed E-state index contributed by atoms with van der Waals surface area (Å²) in [6, 6.07) is 11.1. The number of tetrazole rings is 1. The Labute approximate surface area is 172 Å². The Kier molecular flexibility index (Phi) is 6.21. The van der Waals surface area contributed by atoms with Gasteiger partial charge < -0.3 is 10.1 Å². The molecule has 0 fully saturated rings. The molecule has 0 aliphatic rings. The van der Waals surface area contributed by atoms with Crippen molar-refractivity contribution in [3.05, 3.63) is 52.5 Å². The number of nitrogens with zero attached hydrogens (tertiary/aromatic N) is 4. The molecule has 2 aromatic carbocycles. The first-order valence-electron chi connectivity index (χ1n) is 8.56. The largest absolute Gasteiger partial charge is 0.495 e. The highest BCUT2D eigenvalue weighted by molar-refractivity contribution is 8.00. The van der Waals surface area contributed by atoms with Crippen molar-refractivity contribution in [3.63, 3.8) is 0 Å². The monoisotopic (exact) mass is 417 g/mol. The first kappa shape index (κ1) is 20.2. The summed E-state index contributed by atoms with van der Waals surface area (Å²) in [6.45, 7) is 5.79. The molecule has 7 nitrogen and oxygen atoms in total. The number of carbonyl (C=O) groups excluding carboxylic acids is 1. The fourth-order valence-electron chi connectivity index (χ4n) is 2.58. The normalized spacial score (nSPS) is 11.9. The van der Waals surface area contributed by atoms with Crippen molar-refractivity contribution in [2.45, 2.75) is 31.2 Å². The number of methoxy groups -OCH3 is 1. The molecule has 0 bridgehead atoms. The molecule has 0 spiro atoms. The Morgan fingerprint density at radius 3 is 2.79 bits per heavy atom. The van der Waals surface area contributed by atoms with Crippen LogP contribution in [0.3, 0.4) is 0 Å². The molecule has 3 aromatic rings. The van der Waals surface area contributed by atoms with Gasteiger partial charge in [0.15, 0.2) is 0 Å². The van der Waals surface area contributed by atoms with Crippen molar-refractivity contribution in [1.82, 2.24) is 20.2 Å².